The highest BCUT2D eigenvalue weighted by atomic mass is 79.9. The molecule has 0 saturated heterocycles. The van der Waals surface area contributed by atoms with Gasteiger partial charge in [0.25, 0.3) is 9.05 Å². The van der Waals surface area contributed by atoms with E-state index in [0.29, 0.717) is 15.4 Å². The molecule has 0 aliphatic rings. The van der Waals surface area contributed by atoms with Crippen LogP contribution in [0.2, 0.25) is 0 Å². The van der Waals surface area contributed by atoms with Crippen molar-refractivity contribution in [1.29, 1.82) is 5.26 Å². The van der Waals surface area contributed by atoms with E-state index < -0.39 is 9.05 Å². The van der Waals surface area contributed by atoms with Crippen LogP contribution in [0.15, 0.2) is 21.5 Å². The number of hydrogen-bond acceptors (Lipinski definition) is 3. The highest BCUT2D eigenvalue weighted by Gasteiger charge is 2.19. The van der Waals surface area contributed by atoms with Crippen molar-refractivity contribution in [1.82, 2.24) is 0 Å². The van der Waals surface area contributed by atoms with Crippen LogP contribution in [0.25, 0.3) is 0 Å². The minimum atomic E-state index is -3.90. The summed E-state index contributed by atoms with van der Waals surface area (Å²) in [5, 5.41) is 9.26. The second-order valence-corrected chi connectivity index (χ2v) is 6.63. The fourth-order valence-electron chi connectivity index (χ4n) is 1.06. The molecule has 0 bridgehead atoms. The molecule has 0 aliphatic heterocycles. The van der Waals surface area contributed by atoms with Crippen LogP contribution in [0.3, 0.4) is 0 Å². The molecule has 1 rings (SSSR count). The number of nitriles is 1. The lowest BCUT2D eigenvalue weighted by atomic mass is 10.1. The summed E-state index contributed by atoms with van der Waals surface area (Å²) < 4.78 is 23.0. The lowest BCUT2D eigenvalue weighted by Crippen LogP contribution is -1.99. The molecule has 0 unspecified atom stereocenters. The quantitative estimate of drug-likeness (QED) is 0.591. The highest BCUT2D eigenvalue weighted by molar-refractivity contribution is 9.10. The maximum atomic E-state index is 11.2. The molecule has 7 heteroatoms. The summed E-state index contributed by atoms with van der Waals surface area (Å²) in [7, 11) is 1.33. The molecular weight excluding hydrogens is 369 g/mol. The van der Waals surface area contributed by atoms with Crippen molar-refractivity contribution in [2.24, 2.45) is 0 Å². The number of hydrogen-bond donors (Lipinski definition) is 0. The predicted molar refractivity (Wildman–Crippen MR) is 64.5 cm³/mol. The standard InChI is InChI=1S/C8H4Br2ClNO2S/c9-3-5-1-6(10)2-8(7(5)4-12)15(11,13)14/h1-2H,3H2. The molecule has 3 nitrogen and oxygen atoms in total. The van der Waals surface area contributed by atoms with E-state index in [2.05, 4.69) is 31.9 Å². The number of benzene rings is 1. The number of alkyl halides is 1. The molecule has 0 atom stereocenters. The van der Waals surface area contributed by atoms with Gasteiger partial charge in [-0.3, -0.25) is 0 Å². The van der Waals surface area contributed by atoms with Crippen LogP contribution in [0.5, 0.6) is 0 Å². The minimum Gasteiger partial charge on any atom is -0.207 e. The summed E-state index contributed by atoms with van der Waals surface area (Å²) in [6.45, 7) is 0. The molecule has 0 aliphatic carbocycles. The molecule has 0 saturated carbocycles. The van der Waals surface area contributed by atoms with Crippen LogP contribution < -0.4 is 0 Å². The van der Waals surface area contributed by atoms with Crippen molar-refractivity contribution >= 4 is 51.6 Å². The molecule has 0 spiro atoms. The third-order valence-corrected chi connectivity index (χ3v) is 4.08. The summed E-state index contributed by atoms with van der Waals surface area (Å²) in [6.07, 6.45) is 0. The van der Waals surface area contributed by atoms with Crippen LogP contribution in [0.1, 0.15) is 11.1 Å². The van der Waals surface area contributed by atoms with Crippen molar-refractivity contribution in [2.45, 2.75) is 10.2 Å². The molecule has 0 heterocycles. The average molecular weight is 373 g/mol. The van der Waals surface area contributed by atoms with Gasteiger partial charge in [-0.05, 0) is 17.7 Å². The van der Waals surface area contributed by atoms with E-state index in [4.69, 9.17) is 15.9 Å². The van der Waals surface area contributed by atoms with Crippen LogP contribution in [0.4, 0.5) is 0 Å². The molecule has 0 N–H and O–H groups in total. The lowest BCUT2D eigenvalue weighted by Gasteiger charge is -2.05. The fourth-order valence-corrected chi connectivity index (χ4v) is 3.21. The summed E-state index contributed by atoms with van der Waals surface area (Å²) >= 11 is 6.33. The molecule has 0 radical (unpaired) electrons. The van der Waals surface area contributed by atoms with Gasteiger partial charge in [-0.1, -0.05) is 31.9 Å². The second kappa shape index (κ2) is 4.83. The summed E-state index contributed by atoms with van der Waals surface area (Å²) in [5.74, 6) is 0. The maximum absolute atomic E-state index is 11.2. The highest BCUT2D eigenvalue weighted by Crippen LogP contribution is 2.28. The van der Waals surface area contributed by atoms with Gasteiger partial charge in [-0.15, -0.1) is 0 Å². The first-order valence-corrected chi connectivity index (χ1v) is 7.85. The maximum Gasteiger partial charge on any atom is 0.262 e. The topological polar surface area (TPSA) is 57.9 Å². The molecular formula is C8H4Br2ClNO2S. The Hall–Kier alpha value is -0.0900. The lowest BCUT2D eigenvalue weighted by molar-refractivity contribution is 0.609. The first kappa shape index (κ1) is 13.0. The van der Waals surface area contributed by atoms with Crippen molar-refractivity contribution < 1.29 is 8.42 Å². The van der Waals surface area contributed by atoms with E-state index in [1.54, 1.807) is 6.07 Å². The Morgan fingerprint density at radius 1 is 1.47 bits per heavy atom. The Kier molecular flexibility index (Phi) is 4.18. The molecule has 0 fully saturated rings. The van der Waals surface area contributed by atoms with Gasteiger partial charge in [0.15, 0.2) is 0 Å². The van der Waals surface area contributed by atoms with Crippen LogP contribution in [0, 0.1) is 11.3 Å². The van der Waals surface area contributed by atoms with E-state index in [1.165, 1.54) is 6.07 Å². The van der Waals surface area contributed by atoms with Gasteiger partial charge in [0.2, 0.25) is 0 Å². The Morgan fingerprint density at radius 3 is 2.47 bits per heavy atom. The van der Waals surface area contributed by atoms with Gasteiger partial charge in [-0.2, -0.15) is 5.26 Å². The number of rotatable bonds is 2. The van der Waals surface area contributed by atoms with Gasteiger partial charge >= 0.3 is 0 Å². The number of halogens is 3. The zero-order valence-electron chi connectivity index (χ0n) is 7.17. The van der Waals surface area contributed by atoms with E-state index >= 15 is 0 Å². The van der Waals surface area contributed by atoms with Gasteiger partial charge in [0.05, 0.1) is 5.56 Å². The Morgan fingerprint density at radius 2 is 2.07 bits per heavy atom. The summed E-state index contributed by atoms with van der Waals surface area (Å²) in [4.78, 5) is -0.171. The zero-order valence-corrected chi connectivity index (χ0v) is 11.9. The largest absolute Gasteiger partial charge is 0.262 e. The van der Waals surface area contributed by atoms with Gasteiger partial charge in [0, 0.05) is 20.5 Å². The molecule has 80 valence electrons. The minimum absolute atomic E-state index is 0.0741. The van der Waals surface area contributed by atoms with E-state index in [9.17, 15) is 8.42 Å². The van der Waals surface area contributed by atoms with Crippen LogP contribution in [-0.2, 0) is 14.4 Å². The van der Waals surface area contributed by atoms with Crippen LogP contribution in [-0.4, -0.2) is 8.42 Å². The number of nitrogens with zero attached hydrogens (tertiary/aromatic N) is 1. The van der Waals surface area contributed by atoms with Crippen molar-refractivity contribution in [3.63, 3.8) is 0 Å². The smallest absolute Gasteiger partial charge is 0.207 e. The van der Waals surface area contributed by atoms with E-state index in [-0.39, 0.29) is 10.5 Å². The molecule has 0 aromatic heterocycles. The first-order valence-electron chi connectivity index (χ1n) is 3.63. The van der Waals surface area contributed by atoms with Gasteiger partial charge < -0.3 is 0 Å². The van der Waals surface area contributed by atoms with Crippen molar-refractivity contribution in [3.05, 3.63) is 27.7 Å². The monoisotopic (exact) mass is 371 g/mol. The van der Waals surface area contributed by atoms with E-state index in [0.717, 1.165) is 0 Å². The van der Waals surface area contributed by atoms with E-state index in [1.807, 2.05) is 6.07 Å². The Bertz CT molecular complexity index is 536. The third-order valence-electron chi connectivity index (χ3n) is 1.67. The average Bonchev–Trinajstić information content (AvgIpc) is 2.15. The third kappa shape index (κ3) is 2.94. The molecule has 0 amide bonds. The van der Waals surface area contributed by atoms with Crippen LogP contribution >= 0.6 is 42.5 Å². The molecule has 15 heavy (non-hydrogen) atoms. The fraction of sp³-hybridized carbons (Fsp3) is 0.125. The predicted octanol–water partition coefficient (Wildman–Crippen LogP) is 3.14. The van der Waals surface area contributed by atoms with Gasteiger partial charge in [0.1, 0.15) is 11.0 Å². The molecule has 1 aromatic carbocycles. The Balaban J connectivity index is 3.66. The first-order chi connectivity index (χ1) is 6.90. The van der Waals surface area contributed by atoms with Crippen molar-refractivity contribution in [2.75, 3.05) is 0 Å². The van der Waals surface area contributed by atoms with Gasteiger partial charge in [-0.25, -0.2) is 8.42 Å². The summed E-state index contributed by atoms with van der Waals surface area (Å²) in [5.41, 5.74) is 0.649. The Labute approximate surface area is 109 Å². The van der Waals surface area contributed by atoms with Crippen molar-refractivity contribution in [3.8, 4) is 6.07 Å². The second-order valence-electron chi connectivity index (χ2n) is 2.62. The normalized spacial score (nSPS) is 11.1. The zero-order chi connectivity index (χ0) is 11.6. The SMILES string of the molecule is N#Cc1c(CBr)cc(Br)cc1S(=O)(=O)Cl. The molecule has 1 aromatic rings. The summed E-state index contributed by atoms with van der Waals surface area (Å²) in [6, 6.07) is 4.81.